The van der Waals surface area contributed by atoms with Gasteiger partial charge in [0.1, 0.15) is 11.5 Å². The summed E-state index contributed by atoms with van der Waals surface area (Å²) in [5.41, 5.74) is 5.71. The van der Waals surface area contributed by atoms with E-state index in [4.69, 9.17) is 5.10 Å². The van der Waals surface area contributed by atoms with Gasteiger partial charge in [-0.1, -0.05) is 74.9 Å². The highest BCUT2D eigenvalue weighted by Gasteiger charge is 2.22. The van der Waals surface area contributed by atoms with Crippen LogP contribution in [0.5, 0.6) is 0 Å². The first kappa shape index (κ1) is 29.4. The standard InChI is InChI=1S/C35H36N6O2S/c1-23-9-12-25(13-10-23)41-32(21-31(39-41)35(2,3)4)38-34(43)37-29-16-14-26(27-7-5-6-8-28(27)29)24-11-15-30(36-22-24)33(42)40-17-19-44-20-18-40/h5-16,21-22H,17-20H2,1-4H3,(H2,37,38,43). The van der Waals surface area contributed by atoms with Gasteiger partial charge in [0.2, 0.25) is 0 Å². The average molecular weight is 605 g/mol. The lowest BCUT2D eigenvalue weighted by molar-refractivity contribution is 0.0766. The molecule has 9 heteroatoms. The smallest absolute Gasteiger partial charge is 0.324 e. The maximum Gasteiger partial charge on any atom is 0.324 e. The van der Waals surface area contributed by atoms with Crippen molar-refractivity contribution in [2.75, 3.05) is 35.2 Å². The van der Waals surface area contributed by atoms with Crippen LogP contribution in [0, 0.1) is 6.92 Å². The maximum absolute atomic E-state index is 13.4. The summed E-state index contributed by atoms with van der Waals surface area (Å²) in [6, 6.07) is 25.2. The van der Waals surface area contributed by atoms with Crippen molar-refractivity contribution in [3.8, 4) is 16.8 Å². The number of hydrogen-bond donors (Lipinski definition) is 2. The SMILES string of the molecule is Cc1ccc(-n2nc(C(C)(C)C)cc2NC(=O)Nc2ccc(-c3ccc(C(=O)N4CCSCC4)nc3)c3ccccc23)cc1. The van der Waals surface area contributed by atoms with E-state index < -0.39 is 0 Å². The quantitative estimate of drug-likeness (QED) is 0.216. The highest BCUT2D eigenvalue weighted by atomic mass is 32.2. The third kappa shape index (κ3) is 6.19. The normalized spacial score (nSPS) is 13.6. The lowest BCUT2D eigenvalue weighted by Crippen LogP contribution is -2.38. The highest BCUT2D eigenvalue weighted by molar-refractivity contribution is 7.99. The molecule has 2 aromatic heterocycles. The number of rotatable bonds is 5. The molecule has 0 unspecified atom stereocenters. The second kappa shape index (κ2) is 12.2. The monoisotopic (exact) mass is 604 g/mol. The molecule has 5 aromatic rings. The summed E-state index contributed by atoms with van der Waals surface area (Å²) in [5.74, 6) is 2.48. The fourth-order valence-electron chi connectivity index (χ4n) is 5.26. The van der Waals surface area contributed by atoms with Crippen molar-refractivity contribution < 1.29 is 9.59 Å². The fraction of sp³-hybridized carbons (Fsp3) is 0.257. The van der Waals surface area contributed by atoms with E-state index in [1.54, 1.807) is 16.9 Å². The van der Waals surface area contributed by atoms with Crippen LogP contribution in [0.15, 0.2) is 85.1 Å². The molecule has 0 radical (unpaired) electrons. The average Bonchev–Trinajstić information content (AvgIpc) is 3.46. The minimum atomic E-state index is -0.364. The number of nitrogens with one attached hydrogen (secondary N) is 2. The molecule has 3 amide bonds. The Morgan fingerprint density at radius 1 is 0.864 bits per heavy atom. The molecule has 224 valence electrons. The van der Waals surface area contributed by atoms with Crippen molar-refractivity contribution in [3.63, 3.8) is 0 Å². The first-order valence-corrected chi connectivity index (χ1v) is 15.9. The number of amides is 3. The molecule has 8 nitrogen and oxygen atoms in total. The Morgan fingerprint density at radius 3 is 2.27 bits per heavy atom. The summed E-state index contributed by atoms with van der Waals surface area (Å²) in [6.45, 7) is 9.85. The number of fused-ring (bicyclic) bond motifs is 1. The van der Waals surface area contributed by atoms with Crippen LogP contribution in [0.4, 0.5) is 16.3 Å². The van der Waals surface area contributed by atoms with Crippen molar-refractivity contribution in [2.45, 2.75) is 33.1 Å². The molecule has 0 bridgehead atoms. The molecule has 3 aromatic carbocycles. The lowest BCUT2D eigenvalue weighted by atomic mass is 9.92. The molecule has 44 heavy (non-hydrogen) atoms. The molecular formula is C35H36N6O2S. The van der Waals surface area contributed by atoms with Crippen LogP contribution in [0.25, 0.3) is 27.6 Å². The van der Waals surface area contributed by atoms with Crippen molar-refractivity contribution in [1.29, 1.82) is 0 Å². The Labute approximate surface area is 261 Å². The van der Waals surface area contributed by atoms with Gasteiger partial charge < -0.3 is 10.2 Å². The molecule has 6 rings (SSSR count). The molecular weight excluding hydrogens is 568 g/mol. The number of nitrogens with zero attached hydrogens (tertiary/aromatic N) is 4. The number of benzene rings is 3. The van der Waals surface area contributed by atoms with Gasteiger partial charge in [0.05, 0.1) is 17.1 Å². The Morgan fingerprint density at radius 2 is 1.59 bits per heavy atom. The number of hydrogen-bond acceptors (Lipinski definition) is 5. The van der Waals surface area contributed by atoms with Crippen LogP contribution in [-0.4, -0.2) is 56.2 Å². The molecule has 2 N–H and O–H groups in total. The second-order valence-corrected chi connectivity index (χ2v) is 13.3. The summed E-state index contributed by atoms with van der Waals surface area (Å²) in [6.07, 6.45) is 1.76. The number of carbonyl (C=O) groups excluding carboxylic acids is 2. The van der Waals surface area contributed by atoms with E-state index in [9.17, 15) is 9.59 Å². The number of aromatic nitrogens is 3. The van der Waals surface area contributed by atoms with Crippen molar-refractivity contribution >= 4 is 46.0 Å². The summed E-state index contributed by atoms with van der Waals surface area (Å²) in [5, 5.41) is 12.8. The summed E-state index contributed by atoms with van der Waals surface area (Å²) >= 11 is 1.87. The van der Waals surface area contributed by atoms with Crippen LogP contribution in [0.1, 0.15) is 42.5 Å². The topological polar surface area (TPSA) is 92.2 Å². The van der Waals surface area contributed by atoms with Crippen LogP contribution in [-0.2, 0) is 5.41 Å². The first-order valence-electron chi connectivity index (χ1n) is 14.8. The molecule has 1 aliphatic heterocycles. The number of anilines is 2. The minimum absolute atomic E-state index is 0.0226. The van der Waals surface area contributed by atoms with Gasteiger partial charge in [-0.25, -0.2) is 9.48 Å². The van der Waals surface area contributed by atoms with Crippen LogP contribution in [0.3, 0.4) is 0 Å². The van der Waals surface area contributed by atoms with E-state index in [0.717, 1.165) is 63.4 Å². The summed E-state index contributed by atoms with van der Waals surface area (Å²) in [4.78, 5) is 32.7. The zero-order chi connectivity index (χ0) is 30.8. The zero-order valence-electron chi connectivity index (χ0n) is 25.4. The van der Waals surface area contributed by atoms with E-state index in [0.29, 0.717) is 17.2 Å². The van der Waals surface area contributed by atoms with Gasteiger partial charge in [-0.15, -0.1) is 0 Å². The number of aryl methyl sites for hydroxylation is 1. The van der Waals surface area contributed by atoms with E-state index in [1.807, 2.05) is 96.4 Å². The Hall–Kier alpha value is -4.63. The molecule has 3 heterocycles. The number of urea groups is 1. The molecule has 1 aliphatic rings. The number of carbonyl (C=O) groups is 2. The van der Waals surface area contributed by atoms with Gasteiger partial charge in [-0.2, -0.15) is 16.9 Å². The van der Waals surface area contributed by atoms with E-state index in [1.165, 1.54) is 0 Å². The zero-order valence-corrected chi connectivity index (χ0v) is 26.2. The second-order valence-electron chi connectivity index (χ2n) is 12.0. The van der Waals surface area contributed by atoms with Gasteiger partial charge in [0.15, 0.2) is 0 Å². The van der Waals surface area contributed by atoms with Crippen molar-refractivity contribution in [1.82, 2.24) is 19.7 Å². The first-order chi connectivity index (χ1) is 21.2. The van der Waals surface area contributed by atoms with Crippen molar-refractivity contribution in [3.05, 3.63) is 102 Å². The Bertz CT molecular complexity index is 1820. The Balaban J connectivity index is 1.25. The molecule has 0 saturated carbocycles. The van der Waals surface area contributed by atoms with Gasteiger partial charge in [-0.05, 0) is 42.1 Å². The molecule has 0 atom stereocenters. The Kier molecular flexibility index (Phi) is 8.14. The largest absolute Gasteiger partial charge is 0.336 e. The van der Waals surface area contributed by atoms with E-state index in [2.05, 4.69) is 36.4 Å². The van der Waals surface area contributed by atoms with Crippen LogP contribution < -0.4 is 10.6 Å². The van der Waals surface area contributed by atoms with Crippen LogP contribution >= 0.6 is 11.8 Å². The van der Waals surface area contributed by atoms with Crippen LogP contribution in [0.2, 0.25) is 0 Å². The third-order valence-corrected chi connectivity index (χ3v) is 8.70. The predicted octanol–water partition coefficient (Wildman–Crippen LogP) is 7.53. The predicted molar refractivity (Wildman–Crippen MR) is 180 cm³/mol. The third-order valence-electron chi connectivity index (χ3n) is 7.76. The lowest BCUT2D eigenvalue weighted by Gasteiger charge is -2.26. The minimum Gasteiger partial charge on any atom is -0.336 e. The maximum atomic E-state index is 13.4. The van der Waals surface area contributed by atoms with Gasteiger partial charge >= 0.3 is 6.03 Å². The number of thioether (sulfide) groups is 1. The molecule has 1 fully saturated rings. The van der Waals surface area contributed by atoms with E-state index >= 15 is 0 Å². The molecule has 0 spiro atoms. The summed E-state index contributed by atoms with van der Waals surface area (Å²) in [7, 11) is 0. The fourth-order valence-corrected chi connectivity index (χ4v) is 6.16. The summed E-state index contributed by atoms with van der Waals surface area (Å²) < 4.78 is 1.77. The molecule has 0 aliphatic carbocycles. The van der Waals surface area contributed by atoms with Gasteiger partial charge in [0.25, 0.3) is 5.91 Å². The molecule has 1 saturated heterocycles. The van der Waals surface area contributed by atoms with Crippen molar-refractivity contribution in [2.24, 2.45) is 0 Å². The van der Waals surface area contributed by atoms with E-state index in [-0.39, 0.29) is 17.4 Å². The number of pyridine rings is 1. The van der Waals surface area contributed by atoms with Gasteiger partial charge in [0, 0.05) is 53.2 Å². The van der Waals surface area contributed by atoms with Gasteiger partial charge in [-0.3, -0.25) is 15.1 Å². The highest BCUT2D eigenvalue weighted by Crippen LogP contribution is 2.34.